The van der Waals surface area contributed by atoms with E-state index in [0.29, 0.717) is 12.8 Å². The van der Waals surface area contributed by atoms with Crippen molar-refractivity contribution >= 4 is 11.9 Å². The van der Waals surface area contributed by atoms with Gasteiger partial charge in [-0.25, -0.2) is 0 Å². The summed E-state index contributed by atoms with van der Waals surface area (Å²) in [7, 11) is 0. The highest BCUT2D eigenvalue weighted by Crippen LogP contribution is 2.26. The van der Waals surface area contributed by atoms with Gasteiger partial charge in [-0.05, 0) is 77.0 Å². The summed E-state index contributed by atoms with van der Waals surface area (Å²) in [6, 6.07) is -1.04. The quantitative estimate of drug-likeness (QED) is 0.0149. The third-order valence-corrected chi connectivity index (χ3v) is 14.1. The summed E-state index contributed by atoms with van der Waals surface area (Å²) in [5.74, 6) is -1.22. The third kappa shape index (κ3) is 40.1. The number of hydrogen-bond donors (Lipinski definition) is 6. The van der Waals surface area contributed by atoms with E-state index < -0.39 is 67.4 Å². The first-order valence-corrected chi connectivity index (χ1v) is 30.9. The molecule has 0 aliphatic carbocycles. The van der Waals surface area contributed by atoms with Gasteiger partial charge in [0.1, 0.15) is 24.4 Å². The van der Waals surface area contributed by atoms with Gasteiger partial charge < -0.3 is 45.1 Å². The Kier molecular flexibility index (Phi) is 49.0. The number of carbonyl (C=O) groups excluding carboxylic acids is 2. The van der Waals surface area contributed by atoms with Gasteiger partial charge in [-0.15, -0.1) is 0 Å². The fraction of sp³-hybridized carbons (Fsp3) is 0.754. The van der Waals surface area contributed by atoms with E-state index in [4.69, 9.17) is 14.2 Å². The van der Waals surface area contributed by atoms with Crippen molar-refractivity contribution in [2.45, 2.75) is 301 Å². The maximum atomic E-state index is 13.4. The first-order chi connectivity index (χ1) is 37.2. The van der Waals surface area contributed by atoms with Crippen molar-refractivity contribution in [1.29, 1.82) is 0 Å². The Bertz CT molecular complexity index is 1560. The van der Waals surface area contributed by atoms with Crippen molar-refractivity contribution in [1.82, 2.24) is 5.32 Å². The largest absolute Gasteiger partial charge is 0.454 e. The van der Waals surface area contributed by atoms with Crippen molar-refractivity contribution in [2.24, 2.45) is 0 Å². The van der Waals surface area contributed by atoms with E-state index in [1.165, 1.54) is 128 Å². The number of amides is 1. The molecule has 1 amide bonds. The van der Waals surface area contributed by atoms with Crippen LogP contribution < -0.4 is 5.32 Å². The number of ether oxygens (including phenoxy) is 3. The first kappa shape index (κ1) is 70.9. The van der Waals surface area contributed by atoms with Gasteiger partial charge in [0, 0.05) is 6.42 Å². The Labute approximate surface area is 463 Å². The van der Waals surface area contributed by atoms with Crippen molar-refractivity contribution in [3.8, 4) is 0 Å². The summed E-state index contributed by atoms with van der Waals surface area (Å²) in [6.07, 6.45) is 57.6. The van der Waals surface area contributed by atoms with Crippen molar-refractivity contribution in [3.05, 3.63) is 85.1 Å². The second-order valence-electron chi connectivity index (χ2n) is 21.1. The number of hydrogen-bond acceptors (Lipinski definition) is 10. The second-order valence-corrected chi connectivity index (χ2v) is 21.1. The van der Waals surface area contributed by atoms with E-state index in [0.717, 1.165) is 77.0 Å². The Balaban J connectivity index is 2.67. The number of nitrogens with one attached hydrogen (secondary N) is 1. The lowest BCUT2D eigenvalue weighted by molar-refractivity contribution is -0.305. The van der Waals surface area contributed by atoms with Crippen LogP contribution in [0.5, 0.6) is 0 Å². The summed E-state index contributed by atoms with van der Waals surface area (Å²) in [5, 5.41) is 56.9. The predicted octanol–water partition coefficient (Wildman–Crippen LogP) is 14.6. The Morgan fingerprint density at radius 2 is 1.00 bits per heavy atom. The minimum Gasteiger partial charge on any atom is -0.454 e. The van der Waals surface area contributed by atoms with Crippen LogP contribution in [0.15, 0.2) is 85.1 Å². The fourth-order valence-electron chi connectivity index (χ4n) is 9.22. The number of aliphatic hydroxyl groups excluding tert-OH is 5. The molecule has 1 rings (SSSR count). The van der Waals surface area contributed by atoms with Crippen LogP contribution in [0.4, 0.5) is 0 Å². The molecule has 1 aliphatic heterocycles. The predicted molar refractivity (Wildman–Crippen MR) is 315 cm³/mol. The highest BCUT2D eigenvalue weighted by atomic mass is 16.7. The molecule has 0 aromatic carbocycles. The zero-order valence-electron chi connectivity index (χ0n) is 48.3. The maximum absolute atomic E-state index is 13.4. The summed E-state index contributed by atoms with van der Waals surface area (Å²) in [6.45, 7) is 5.60. The number of unbranched alkanes of at least 4 members (excludes halogenated alkanes) is 28. The minimum absolute atomic E-state index is 0.115. The molecule has 0 spiro atoms. The number of aliphatic hydroxyl groups is 5. The van der Waals surface area contributed by atoms with Crippen molar-refractivity contribution in [2.75, 3.05) is 13.2 Å². The van der Waals surface area contributed by atoms with Gasteiger partial charge >= 0.3 is 5.97 Å². The van der Waals surface area contributed by atoms with Crippen LogP contribution in [0, 0.1) is 0 Å². The van der Waals surface area contributed by atoms with E-state index in [9.17, 15) is 35.1 Å². The molecule has 0 aromatic heterocycles. The van der Waals surface area contributed by atoms with E-state index in [-0.39, 0.29) is 19.4 Å². The number of allylic oxidation sites excluding steroid dienone is 13. The first-order valence-electron chi connectivity index (χ1n) is 30.9. The maximum Gasteiger partial charge on any atom is 0.306 e. The molecular weight excluding hydrogens is 955 g/mol. The SMILES string of the molecule is CC/C=C/C=C/C=C/C=C\CCCCCCC(O)C(=O)NC(COC1OC(CO)C(O)C(O)C1OC(=O)CCCCCCCCCCCCC/C=C\C/C=C\CCCCC)C(O)/C=C/CCCCCCCCCCCC. The molecule has 0 aromatic rings. The summed E-state index contributed by atoms with van der Waals surface area (Å²) >= 11 is 0. The summed E-state index contributed by atoms with van der Waals surface area (Å²) in [5.41, 5.74) is 0. The van der Waals surface area contributed by atoms with Gasteiger partial charge in [0.15, 0.2) is 12.4 Å². The van der Waals surface area contributed by atoms with E-state index in [1.54, 1.807) is 6.08 Å². The van der Waals surface area contributed by atoms with Gasteiger partial charge in [0.25, 0.3) is 0 Å². The molecule has 0 saturated carbocycles. The Morgan fingerprint density at radius 1 is 0.539 bits per heavy atom. The van der Waals surface area contributed by atoms with Gasteiger partial charge in [0.05, 0.1) is 25.4 Å². The van der Waals surface area contributed by atoms with Gasteiger partial charge in [-0.2, -0.15) is 0 Å². The number of rotatable bonds is 51. The molecule has 0 radical (unpaired) electrons. The zero-order valence-corrected chi connectivity index (χ0v) is 48.3. The number of carbonyl (C=O) groups is 2. The van der Waals surface area contributed by atoms with Gasteiger partial charge in [-0.1, -0.05) is 254 Å². The molecule has 1 fully saturated rings. The average molecular weight is 1070 g/mol. The monoisotopic (exact) mass is 1070 g/mol. The van der Waals surface area contributed by atoms with Crippen LogP contribution in [0.1, 0.15) is 252 Å². The molecule has 11 nitrogen and oxygen atoms in total. The summed E-state index contributed by atoms with van der Waals surface area (Å²) < 4.78 is 17.6. The third-order valence-electron chi connectivity index (χ3n) is 14.1. The zero-order chi connectivity index (χ0) is 55.4. The highest BCUT2D eigenvalue weighted by Gasteiger charge is 2.47. The lowest BCUT2D eigenvalue weighted by Gasteiger charge is -2.41. The highest BCUT2D eigenvalue weighted by molar-refractivity contribution is 5.80. The Hall–Kier alpha value is -3.16. The van der Waals surface area contributed by atoms with Gasteiger partial charge in [0.2, 0.25) is 5.91 Å². The lowest BCUT2D eigenvalue weighted by Crippen LogP contribution is -2.61. The minimum atomic E-state index is -1.62. The van der Waals surface area contributed by atoms with E-state index in [2.05, 4.69) is 62.5 Å². The molecule has 0 bridgehead atoms. The van der Waals surface area contributed by atoms with E-state index in [1.807, 2.05) is 42.5 Å². The fourth-order valence-corrected chi connectivity index (χ4v) is 9.22. The molecule has 438 valence electrons. The molecule has 1 heterocycles. The molecule has 6 N–H and O–H groups in total. The second kappa shape index (κ2) is 52.5. The van der Waals surface area contributed by atoms with Crippen LogP contribution >= 0.6 is 0 Å². The van der Waals surface area contributed by atoms with Crippen LogP contribution in [0.25, 0.3) is 0 Å². The van der Waals surface area contributed by atoms with Crippen LogP contribution in [-0.2, 0) is 23.8 Å². The van der Waals surface area contributed by atoms with Crippen LogP contribution in [0.3, 0.4) is 0 Å². The smallest absolute Gasteiger partial charge is 0.306 e. The molecule has 76 heavy (non-hydrogen) atoms. The molecule has 11 heteroatoms. The molecule has 1 aliphatic rings. The molecule has 8 atom stereocenters. The van der Waals surface area contributed by atoms with Crippen molar-refractivity contribution in [3.63, 3.8) is 0 Å². The summed E-state index contributed by atoms with van der Waals surface area (Å²) in [4.78, 5) is 26.5. The molecule has 8 unspecified atom stereocenters. The molecule has 1 saturated heterocycles. The lowest BCUT2D eigenvalue weighted by atomic mass is 9.99. The topological polar surface area (TPSA) is 175 Å². The van der Waals surface area contributed by atoms with Crippen LogP contribution in [0.2, 0.25) is 0 Å². The standard InChI is InChI=1S/C65H113NO10/c1-4-7-10-13-16-19-22-25-27-28-29-30-31-32-33-35-38-41-44-47-50-53-60(70)76-63-62(72)61(71)59(54-67)75-65(63)74-55-56(57(68)51-48-45-42-39-36-24-21-18-15-12-9-6-3)66-64(73)58(69)52-49-46-43-40-37-34-26-23-20-17-14-11-8-5-2/h8,11,14,16-17,19-20,23,25-27,34,48,51,56-59,61-63,65,67-69,71-72H,4-7,9-10,12-13,15,18,21-22,24,28-33,35-47,49-50,52-55H2,1-3H3,(H,66,73)/b11-8+,17-14+,19-16-,23-20+,27-25-,34-26-,51-48+. The average Bonchev–Trinajstić information content (AvgIpc) is 3.42. The van der Waals surface area contributed by atoms with E-state index >= 15 is 0 Å². The normalized spacial score (nSPS) is 19.7. The molecular formula is C65H113NO10. The van der Waals surface area contributed by atoms with Crippen LogP contribution in [-0.4, -0.2) is 99.6 Å². The number of esters is 1. The van der Waals surface area contributed by atoms with Gasteiger partial charge in [-0.3, -0.25) is 9.59 Å². The Morgan fingerprint density at radius 3 is 1.55 bits per heavy atom. The van der Waals surface area contributed by atoms with Crippen molar-refractivity contribution < 1.29 is 49.3 Å².